The van der Waals surface area contributed by atoms with Crippen molar-refractivity contribution in [1.29, 1.82) is 0 Å². The number of hydrogen-bond donors (Lipinski definition) is 2. The lowest BCUT2D eigenvalue weighted by molar-refractivity contribution is -0.115. The van der Waals surface area contributed by atoms with E-state index in [9.17, 15) is 4.79 Å². The molecule has 2 N–H and O–H groups in total. The molecule has 3 aromatic rings. The molecule has 0 fully saturated rings. The molecular formula is C20H21ClN4O. The van der Waals surface area contributed by atoms with Gasteiger partial charge in [-0.15, -0.1) is 0 Å². The first-order valence-corrected chi connectivity index (χ1v) is 8.81. The van der Waals surface area contributed by atoms with Gasteiger partial charge in [0.05, 0.1) is 17.9 Å². The van der Waals surface area contributed by atoms with E-state index in [2.05, 4.69) is 15.7 Å². The topological polar surface area (TPSA) is 59.0 Å². The second-order valence-electron chi connectivity index (χ2n) is 6.12. The third kappa shape index (κ3) is 4.50. The Morgan fingerprint density at radius 1 is 1.15 bits per heavy atom. The number of nitrogens with one attached hydrogen (secondary N) is 2. The van der Waals surface area contributed by atoms with Crippen LogP contribution in [0.5, 0.6) is 0 Å². The number of carbonyl (C=O) groups is 1. The van der Waals surface area contributed by atoms with Gasteiger partial charge in [0.2, 0.25) is 5.91 Å². The van der Waals surface area contributed by atoms with Crippen molar-refractivity contribution in [1.82, 2.24) is 15.1 Å². The number of anilines is 1. The molecule has 6 heteroatoms. The number of rotatable bonds is 6. The maximum absolute atomic E-state index is 12.4. The summed E-state index contributed by atoms with van der Waals surface area (Å²) in [4.78, 5) is 12.4. The number of aromatic nitrogens is 2. The van der Waals surface area contributed by atoms with Gasteiger partial charge >= 0.3 is 0 Å². The average molecular weight is 369 g/mol. The Hall–Kier alpha value is -2.63. The Kier molecular flexibility index (Phi) is 5.71. The summed E-state index contributed by atoms with van der Waals surface area (Å²) < 4.78 is 1.73. The van der Waals surface area contributed by atoms with Crippen LogP contribution < -0.4 is 10.6 Å². The van der Waals surface area contributed by atoms with Crippen molar-refractivity contribution in [2.24, 2.45) is 0 Å². The van der Waals surface area contributed by atoms with Gasteiger partial charge in [0.25, 0.3) is 0 Å². The second kappa shape index (κ2) is 8.17. The predicted molar refractivity (Wildman–Crippen MR) is 105 cm³/mol. The summed E-state index contributed by atoms with van der Waals surface area (Å²) in [6.45, 7) is 4.10. The summed E-state index contributed by atoms with van der Waals surface area (Å²) in [6.07, 6.45) is 0. The molecule has 0 aliphatic heterocycles. The SMILES string of the molecule is Cc1cc(NC(=O)CN[C@@H](C)c2ccc(Cl)cc2)n(-c2ccccc2)n1. The highest BCUT2D eigenvalue weighted by Gasteiger charge is 2.12. The molecular weight excluding hydrogens is 348 g/mol. The van der Waals surface area contributed by atoms with Crippen molar-refractivity contribution in [2.45, 2.75) is 19.9 Å². The normalized spacial score (nSPS) is 12.0. The van der Waals surface area contributed by atoms with Crippen LogP contribution in [0, 0.1) is 6.92 Å². The number of para-hydroxylation sites is 1. The molecule has 0 aliphatic rings. The highest BCUT2D eigenvalue weighted by Crippen LogP contribution is 2.18. The van der Waals surface area contributed by atoms with Crippen molar-refractivity contribution < 1.29 is 4.79 Å². The smallest absolute Gasteiger partial charge is 0.239 e. The Labute approximate surface area is 158 Å². The molecule has 1 atom stereocenters. The number of aryl methyl sites for hydroxylation is 1. The zero-order chi connectivity index (χ0) is 18.5. The maximum Gasteiger partial charge on any atom is 0.239 e. The Morgan fingerprint density at radius 2 is 1.85 bits per heavy atom. The maximum atomic E-state index is 12.4. The van der Waals surface area contributed by atoms with E-state index < -0.39 is 0 Å². The van der Waals surface area contributed by atoms with Crippen LogP contribution in [0.3, 0.4) is 0 Å². The number of carbonyl (C=O) groups excluding carboxylic acids is 1. The molecule has 2 aromatic carbocycles. The minimum absolute atomic E-state index is 0.0405. The molecule has 0 bridgehead atoms. The molecule has 0 aliphatic carbocycles. The molecule has 0 radical (unpaired) electrons. The van der Waals surface area contributed by atoms with Gasteiger partial charge in [-0.25, -0.2) is 4.68 Å². The Balaban J connectivity index is 1.63. The number of nitrogens with zero attached hydrogens (tertiary/aromatic N) is 2. The second-order valence-corrected chi connectivity index (χ2v) is 6.56. The summed E-state index contributed by atoms with van der Waals surface area (Å²) in [5, 5.41) is 11.3. The molecule has 1 aromatic heterocycles. The van der Waals surface area contributed by atoms with E-state index in [4.69, 9.17) is 11.6 Å². The first-order chi connectivity index (χ1) is 12.5. The molecule has 134 valence electrons. The van der Waals surface area contributed by atoms with E-state index in [1.54, 1.807) is 4.68 Å². The van der Waals surface area contributed by atoms with Crippen LogP contribution >= 0.6 is 11.6 Å². The highest BCUT2D eigenvalue weighted by molar-refractivity contribution is 6.30. The van der Waals surface area contributed by atoms with Crippen molar-refractivity contribution in [3.8, 4) is 5.69 Å². The van der Waals surface area contributed by atoms with Crippen molar-refractivity contribution in [3.63, 3.8) is 0 Å². The molecule has 0 spiro atoms. The van der Waals surface area contributed by atoms with Gasteiger partial charge in [-0.1, -0.05) is 41.9 Å². The fraction of sp³-hybridized carbons (Fsp3) is 0.200. The van der Waals surface area contributed by atoms with Gasteiger partial charge in [0.1, 0.15) is 5.82 Å². The fourth-order valence-corrected chi connectivity index (χ4v) is 2.78. The van der Waals surface area contributed by atoms with E-state index >= 15 is 0 Å². The molecule has 3 rings (SSSR count). The van der Waals surface area contributed by atoms with Crippen LogP contribution in [-0.4, -0.2) is 22.2 Å². The number of amides is 1. The fourth-order valence-electron chi connectivity index (χ4n) is 2.66. The molecule has 0 unspecified atom stereocenters. The first kappa shape index (κ1) is 18.2. The van der Waals surface area contributed by atoms with Crippen LogP contribution in [-0.2, 0) is 4.79 Å². The van der Waals surface area contributed by atoms with Gasteiger partial charge in [-0.05, 0) is 43.7 Å². The van der Waals surface area contributed by atoms with E-state index in [-0.39, 0.29) is 18.5 Å². The van der Waals surface area contributed by atoms with Gasteiger partial charge in [0.15, 0.2) is 0 Å². The van der Waals surface area contributed by atoms with Crippen LogP contribution in [0.2, 0.25) is 5.02 Å². The summed E-state index contributed by atoms with van der Waals surface area (Å²) in [6, 6.07) is 19.2. The first-order valence-electron chi connectivity index (χ1n) is 8.44. The lowest BCUT2D eigenvalue weighted by Crippen LogP contribution is -2.30. The quantitative estimate of drug-likeness (QED) is 0.688. The molecule has 5 nitrogen and oxygen atoms in total. The van der Waals surface area contributed by atoms with Crippen LogP contribution in [0.4, 0.5) is 5.82 Å². The minimum atomic E-state index is -0.122. The van der Waals surface area contributed by atoms with E-state index in [1.165, 1.54) is 0 Å². The number of hydrogen-bond acceptors (Lipinski definition) is 3. The Bertz CT molecular complexity index is 875. The standard InChI is InChI=1S/C20H21ClN4O/c1-14-12-19(25(24-14)18-6-4-3-5-7-18)23-20(26)13-22-15(2)16-8-10-17(21)11-9-16/h3-12,15,22H,13H2,1-2H3,(H,23,26)/t15-/m0/s1. The van der Waals surface area contributed by atoms with Crippen LogP contribution in [0.15, 0.2) is 60.7 Å². The molecule has 0 saturated carbocycles. The summed E-state index contributed by atoms with van der Waals surface area (Å²) >= 11 is 5.91. The molecule has 1 heterocycles. The van der Waals surface area contributed by atoms with Crippen molar-refractivity contribution in [3.05, 3.63) is 76.9 Å². The predicted octanol–water partition coefficient (Wildman–Crippen LogP) is 4.12. The van der Waals surface area contributed by atoms with Gasteiger partial charge in [0, 0.05) is 17.1 Å². The van der Waals surface area contributed by atoms with Gasteiger partial charge < -0.3 is 10.6 Å². The van der Waals surface area contributed by atoms with E-state index in [0.29, 0.717) is 10.8 Å². The average Bonchev–Trinajstić information content (AvgIpc) is 3.01. The van der Waals surface area contributed by atoms with Gasteiger partial charge in [-0.2, -0.15) is 5.10 Å². The molecule has 26 heavy (non-hydrogen) atoms. The summed E-state index contributed by atoms with van der Waals surface area (Å²) in [7, 11) is 0. The lowest BCUT2D eigenvalue weighted by Gasteiger charge is -2.14. The highest BCUT2D eigenvalue weighted by atomic mass is 35.5. The minimum Gasteiger partial charge on any atom is -0.309 e. The number of benzene rings is 2. The third-order valence-corrected chi connectivity index (χ3v) is 4.29. The largest absolute Gasteiger partial charge is 0.309 e. The zero-order valence-corrected chi connectivity index (χ0v) is 15.5. The Morgan fingerprint density at radius 3 is 2.54 bits per heavy atom. The van der Waals surface area contributed by atoms with Crippen molar-refractivity contribution >= 4 is 23.3 Å². The summed E-state index contributed by atoms with van der Waals surface area (Å²) in [5.41, 5.74) is 2.82. The van der Waals surface area contributed by atoms with E-state index in [1.807, 2.05) is 74.5 Å². The zero-order valence-electron chi connectivity index (χ0n) is 14.7. The van der Waals surface area contributed by atoms with Crippen LogP contribution in [0.25, 0.3) is 5.69 Å². The summed E-state index contributed by atoms with van der Waals surface area (Å²) in [5.74, 6) is 0.530. The third-order valence-electron chi connectivity index (χ3n) is 4.04. The van der Waals surface area contributed by atoms with Crippen molar-refractivity contribution in [2.75, 3.05) is 11.9 Å². The number of halogens is 1. The van der Waals surface area contributed by atoms with E-state index in [0.717, 1.165) is 16.9 Å². The van der Waals surface area contributed by atoms with Crippen LogP contribution in [0.1, 0.15) is 24.2 Å². The van der Waals surface area contributed by atoms with Gasteiger partial charge in [-0.3, -0.25) is 4.79 Å². The monoisotopic (exact) mass is 368 g/mol. The molecule has 1 amide bonds. The lowest BCUT2D eigenvalue weighted by atomic mass is 10.1. The molecule has 0 saturated heterocycles.